The van der Waals surface area contributed by atoms with Gasteiger partial charge in [0, 0.05) is 11.8 Å². The average Bonchev–Trinajstić information content (AvgIpc) is 2.76. The van der Waals surface area contributed by atoms with E-state index in [0.29, 0.717) is 0 Å². The molecule has 4 nitrogen and oxygen atoms in total. The van der Waals surface area contributed by atoms with Crippen molar-refractivity contribution in [3.63, 3.8) is 0 Å². The summed E-state index contributed by atoms with van der Waals surface area (Å²) in [6.07, 6.45) is -2.02. The Kier molecular flexibility index (Phi) is 3.55. The lowest BCUT2D eigenvalue weighted by Crippen LogP contribution is -2.03. The molecular formula is C12H9F3N2O2. The monoisotopic (exact) mass is 270 g/mol. The van der Waals surface area contributed by atoms with Crippen LogP contribution in [0.2, 0.25) is 0 Å². The summed E-state index contributed by atoms with van der Waals surface area (Å²) in [5, 5.41) is 12.3. The van der Waals surface area contributed by atoms with Crippen molar-refractivity contribution in [3.05, 3.63) is 53.1 Å². The fraction of sp³-hybridized carbons (Fsp3) is 0.167. The zero-order valence-electron chi connectivity index (χ0n) is 9.55. The van der Waals surface area contributed by atoms with E-state index in [-0.39, 0.29) is 12.1 Å². The third-order valence-corrected chi connectivity index (χ3v) is 2.52. The standard InChI is InChI=1S/C12H9F3N2O2/c13-9-4-2-1-3-7(9)5-17-6-8(12(18)19)10(16-17)11(14)15/h1-4,6,11H,5H2,(H,18,19). The normalized spacial score (nSPS) is 10.9. The van der Waals surface area contributed by atoms with Crippen LogP contribution in [-0.4, -0.2) is 20.9 Å². The van der Waals surface area contributed by atoms with Crippen molar-refractivity contribution in [2.24, 2.45) is 0 Å². The Morgan fingerprint density at radius 2 is 2.05 bits per heavy atom. The largest absolute Gasteiger partial charge is 0.478 e. The molecule has 0 atom stereocenters. The van der Waals surface area contributed by atoms with Crippen molar-refractivity contribution in [2.45, 2.75) is 13.0 Å². The van der Waals surface area contributed by atoms with Gasteiger partial charge in [-0.15, -0.1) is 0 Å². The van der Waals surface area contributed by atoms with Crippen molar-refractivity contribution in [1.29, 1.82) is 0 Å². The zero-order chi connectivity index (χ0) is 14.0. The maximum Gasteiger partial charge on any atom is 0.339 e. The van der Waals surface area contributed by atoms with E-state index in [1.165, 1.54) is 18.2 Å². The number of aromatic nitrogens is 2. The van der Waals surface area contributed by atoms with E-state index in [9.17, 15) is 18.0 Å². The van der Waals surface area contributed by atoms with Crippen molar-refractivity contribution in [2.75, 3.05) is 0 Å². The molecule has 1 aromatic carbocycles. The molecule has 0 radical (unpaired) electrons. The summed E-state index contributed by atoms with van der Waals surface area (Å²) >= 11 is 0. The number of rotatable bonds is 4. The Hall–Kier alpha value is -2.31. The quantitative estimate of drug-likeness (QED) is 0.929. The van der Waals surface area contributed by atoms with E-state index < -0.39 is 29.5 Å². The third-order valence-electron chi connectivity index (χ3n) is 2.52. The molecule has 0 fully saturated rings. The van der Waals surface area contributed by atoms with E-state index in [1.54, 1.807) is 6.07 Å². The molecule has 2 rings (SSSR count). The summed E-state index contributed by atoms with van der Waals surface area (Å²) in [6.45, 7) is -0.111. The average molecular weight is 270 g/mol. The number of aromatic carboxylic acids is 1. The highest BCUT2D eigenvalue weighted by Gasteiger charge is 2.23. The molecule has 1 aromatic heterocycles. The Morgan fingerprint density at radius 1 is 1.37 bits per heavy atom. The Bertz CT molecular complexity index is 611. The molecule has 2 aromatic rings. The minimum atomic E-state index is -2.99. The summed E-state index contributed by atoms with van der Waals surface area (Å²) < 4.78 is 39.6. The lowest BCUT2D eigenvalue weighted by atomic mass is 10.2. The first-order valence-electron chi connectivity index (χ1n) is 5.31. The second-order valence-electron chi connectivity index (χ2n) is 3.82. The van der Waals surface area contributed by atoms with Crippen LogP contribution in [0.4, 0.5) is 13.2 Å². The van der Waals surface area contributed by atoms with Gasteiger partial charge in [-0.25, -0.2) is 18.0 Å². The first-order valence-corrected chi connectivity index (χ1v) is 5.31. The summed E-state index contributed by atoms with van der Waals surface area (Å²) in [5.74, 6) is -2.00. The molecule has 0 amide bonds. The minimum Gasteiger partial charge on any atom is -0.478 e. The van der Waals surface area contributed by atoms with E-state index >= 15 is 0 Å². The van der Waals surface area contributed by atoms with Crippen molar-refractivity contribution >= 4 is 5.97 Å². The second kappa shape index (κ2) is 5.13. The number of hydrogen-bond donors (Lipinski definition) is 1. The molecule has 0 bridgehead atoms. The van der Waals surface area contributed by atoms with Gasteiger partial charge >= 0.3 is 5.97 Å². The van der Waals surface area contributed by atoms with E-state index in [1.807, 2.05) is 0 Å². The number of nitrogens with zero attached hydrogens (tertiary/aromatic N) is 2. The first-order chi connectivity index (χ1) is 8.99. The lowest BCUT2D eigenvalue weighted by Gasteiger charge is -2.02. The number of hydrogen-bond acceptors (Lipinski definition) is 2. The van der Waals surface area contributed by atoms with Crippen molar-refractivity contribution in [1.82, 2.24) is 9.78 Å². The second-order valence-corrected chi connectivity index (χ2v) is 3.82. The van der Waals surface area contributed by atoms with Crippen LogP contribution < -0.4 is 0 Å². The van der Waals surface area contributed by atoms with Gasteiger partial charge in [0.2, 0.25) is 0 Å². The molecule has 0 saturated carbocycles. The summed E-state index contributed by atoms with van der Waals surface area (Å²) in [7, 11) is 0. The van der Waals surface area contributed by atoms with Crippen LogP contribution in [0.15, 0.2) is 30.5 Å². The Balaban J connectivity index is 2.34. The molecule has 0 aliphatic heterocycles. The fourth-order valence-corrected chi connectivity index (χ4v) is 1.64. The summed E-state index contributed by atoms with van der Waals surface area (Å²) in [4.78, 5) is 10.8. The highest BCUT2D eigenvalue weighted by atomic mass is 19.3. The van der Waals surface area contributed by atoms with Crippen LogP contribution in [-0.2, 0) is 6.54 Å². The van der Waals surface area contributed by atoms with Crippen LogP contribution >= 0.6 is 0 Å². The lowest BCUT2D eigenvalue weighted by molar-refractivity contribution is 0.0684. The van der Waals surface area contributed by atoms with Gasteiger partial charge in [0.1, 0.15) is 17.1 Å². The van der Waals surface area contributed by atoms with Gasteiger partial charge in [-0.1, -0.05) is 18.2 Å². The van der Waals surface area contributed by atoms with Gasteiger partial charge < -0.3 is 5.11 Å². The van der Waals surface area contributed by atoms with Crippen molar-refractivity contribution in [3.8, 4) is 0 Å². The Morgan fingerprint density at radius 3 is 2.58 bits per heavy atom. The van der Waals surface area contributed by atoms with Gasteiger partial charge in [-0.3, -0.25) is 4.68 Å². The Labute approximate surface area is 106 Å². The molecule has 1 heterocycles. The summed E-state index contributed by atoms with van der Waals surface area (Å²) in [6, 6.07) is 5.79. The topological polar surface area (TPSA) is 55.1 Å². The minimum absolute atomic E-state index is 0.111. The van der Waals surface area contributed by atoms with E-state index in [2.05, 4.69) is 5.10 Å². The van der Waals surface area contributed by atoms with Crippen LogP contribution in [0.1, 0.15) is 28.0 Å². The highest BCUT2D eigenvalue weighted by Crippen LogP contribution is 2.21. The van der Waals surface area contributed by atoms with Crippen molar-refractivity contribution < 1.29 is 23.1 Å². The third kappa shape index (κ3) is 2.75. The number of halogens is 3. The number of benzene rings is 1. The van der Waals surface area contributed by atoms with Crippen LogP contribution in [0.5, 0.6) is 0 Å². The SMILES string of the molecule is O=C(O)c1cn(Cc2ccccc2F)nc1C(F)F. The first kappa shape index (κ1) is 13.1. The van der Waals surface area contributed by atoms with Gasteiger partial charge in [0.05, 0.1) is 6.54 Å². The molecular weight excluding hydrogens is 261 g/mol. The van der Waals surface area contributed by atoms with E-state index in [0.717, 1.165) is 10.9 Å². The molecule has 0 aliphatic rings. The predicted molar refractivity (Wildman–Crippen MR) is 59.6 cm³/mol. The maximum absolute atomic E-state index is 13.4. The molecule has 0 saturated heterocycles. The van der Waals surface area contributed by atoms with Gasteiger partial charge in [0.25, 0.3) is 6.43 Å². The van der Waals surface area contributed by atoms with Crippen LogP contribution in [0, 0.1) is 5.82 Å². The molecule has 0 spiro atoms. The molecule has 100 valence electrons. The molecule has 1 N–H and O–H groups in total. The van der Waals surface area contributed by atoms with Gasteiger partial charge in [-0.05, 0) is 6.07 Å². The summed E-state index contributed by atoms with van der Waals surface area (Å²) in [5.41, 5.74) is -1.15. The van der Waals surface area contributed by atoms with Crippen LogP contribution in [0.3, 0.4) is 0 Å². The molecule has 19 heavy (non-hydrogen) atoms. The number of carboxylic acid groups (broad SMARTS) is 1. The number of carbonyl (C=O) groups is 1. The van der Waals surface area contributed by atoms with Gasteiger partial charge in [-0.2, -0.15) is 5.10 Å². The molecule has 0 aliphatic carbocycles. The smallest absolute Gasteiger partial charge is 0.339 e. The fourth-order valence-electron chi connectivity index (χ4n) is 1.64. The van der Waals surface area contributed by atoms with Gasteiger partial charge in [0.15, 0.2) is 0 Å². The molecule has 0 unspecified atom stereocenters. The predicted octanol–water partition coefficient (Wildman–Crippen LogP) is 2.71. The van der Waals surface area contributed by atoms with E-state index in [4.69, 9.17) is 5.11 Å². The number of carboxylic acids is 1. The highest BCUT2D eigenvalue weighted by molar-refractivity contribution is 5.88. The van der Waals surface area contributed by atoms with Crippen LogP contribution in [0.25, 0.3) is 0 Å². The maximum atomic E-state index is 13.4. The number of alkyl halides is 2. The molecule has 7 heteroatoms. The zero-order valence-corrected chi connectivity index (χ0v) is 9.55.